The summed E-state index contributed by atoms with van der Waals surface area (Å²) in [7, 11) is -3.76. The standard InChI is InChI=1S/C21H24ClN3O4S/c1-2-13-23-20(26)19-4-3-14-25(19)21(27)15-5-9-17(10-6-15)24-30(28,29)18-11-7-16(22)8-12-18/h5-12,19,24H,2-4,13-14H2,1H3,(H,23,26)/t19-/m0/s1. The number of nitrogens with zero attached hydrogens (tertiary/aromatic N) is 1. The number of halogens is 1. The molecule has 0 bridgehead atoms. The number of sulfonamides is 1. The van der Waals surface area contributed by atoms with E-state index >= 15 is 0 Å². The van der Waals surface area contributed by atoms with Crippen molar-refractivity contribution in [2.24, 2.45) is 0 Å². The Labute approximate surface area is 181 Å². The topological polar surface area (TPSA) is 95.6 Å². The molecule has 0 unspecified atom stereocenters. The van der Waals surface area contributed by atoms with Gasteiger partial charge >= 0.3 is 0 Å². The molecule has 0 aromatic heterocycles. The van der Waals surface area contributed by atoms with E-state index in [0.29, 0.717) is 35.8 Å². The zero-order valence-corrected chi connectivity index (χ0v) is 18.2. The van der Waals surface area contributed by atoms with E-state index in [-0.39, 0.29) is 16.7 Å². The van der Waals surface area contributed by atoms with Gasteiger partial charge in [0.05, 0.1) is 4.90 Å². The fourth-order valence-electron chi connectivity index (χ4n) is 3.32. The fraction of sp³-hybridized carbons (Fsp3) is 0.333. The van der Waals surface area contributed by atoms with Crippen molar-refractivity contribution in [1.82, 2.24) is 10.2 Å². The number of benzene rings is 2. The van der Waals surface area contributed by atoms with E-state index in [0.717, 1.165) is 12.8 Å². The molecule has 2 aromatic rings. The zero-order chi connectivity index (χ0) is 21.7. The first-order valence-electron chi connectivity index (χ1n) is 9.79. The number of hydrogen-bond donors (Lipinski definition) is 2. The normalized spacial score (nSPS) is 16.3. The van der Waals surface area contributed by atoms with E-state index < -0.39 is 16.1 Å². The van der Waals surface area contributed by atoms with Gasteiger partial charge in [0, 0.05) is 29.4 Å². The van der Waals surface area contributed by atoms with Crippen molar-refractivity contribution < 1.29 is 18.0 Å². The van der Waals surface area contributed by atoms with Crippen LogP contribution in [-0.4, -0.2) is 44.3 Å². The van der Waals surface area contributed by atoms with Crippen molar-refractivity contribution in [3.63, 3.8) is 0 Å². The highest BCUT2D eigenvalue weighted by atomic mass is 35.5. The summed E-state index contributed by atoms with van der Waals surface area (Å²) in [6.07, 6.45) is 2.25. The van der Waals surface area contributed by atoms with Crippen LogP contribution in [0.1, 0.15) is 36.5 Å². The van der Waals surface area contributed by atoms with Crippen LogP contribution in [0.4, 0.5) is 5.69 Å². The molecule has 0 saturated carbocycles. The van der Waals surface area contributed by atoms with E-state index in [1.165, 1.54) is 36.4 Å². The third-order valence-electron chi connectivity index (χ3n) is 4.87. The predicted octanol–water partition coefficient (Wildman–Crippen LogP) is 3.27. The molecule has 2 N–H and O–H groups in total. The van der Waals surface area contributed by atoms with Crippen LogP contribution in [0.5, 0.6) is 0 Å². The number of likely N-dealkylation sites (tertiary alicyclic amines) is 1. The molecule has 3 rings (SSSR count). The third kappa shape index (κ3) is 5.12. The third-order valence-corrected chi connectivity index (χ3v) is 6.52. The zero-order valence-electron chi connectivity index (χ0n) is 16.6. The van der Waals surface area contributed by atoms with Crippen LogP contribution in [0, 0.1) is 0 Å². The summed E-state index contributed by atoms with van der Waals surface area (Å²) in [6, 6.07) is 11.5. The minimum Gasteiger partial charge on any atom is -0.354 e. The lowest BCUT2D eigenvalue weighted by molar-refractivity contribution is -0.124. The number of amides is 2. The van der Waals surface area contributed by atoms with E-state index in [4.69, 9.17) is 11.6 Å². The van der Waals surface area contributed by atoms with Crippen LogP contribution >= 0.6 is 11.6 Å². The van der Waals surface area contributed by atoms with Crippen molar-refractivity contribution >= 4 is 39.1 Å². The largest absolute Gasteiger partial charge is 0.354 e. The van der Waals surface area contributed by atoms with Gasteiger partial charge in [-0.1, -0.05) is 18.5 Å². The second-order valence-corrected chi connectivity index (χ2v) is 9.20. The molecule has 1 heterocycles. The Morgan fingerprint density at radius 2 is 1.77 bits per heavy atom. The SMILES string of the molecule is CCCNC(=O)[C@@H]1CCCN1C(=O)c1ccc(NS(=O)(=O)c2ccc(Cl)cc2)cc1. The maximum absolute atomic E-state index is 12.9. The van der Waals surface area contributed by atoms with E-state index in [2.05, 4.69) is 10.0 Å². The minimum absolute atomic E-state index is 0.0880. The summed E-state index contributed by atoms with van der Waals surface area (Å²) in [4.78, 5) is 26.9. The van der Waals surface area contributed by atoms with Crippen molar-refractivity contribution in [1.29, 1.82) is 0 Å². The molecular weight excluding hydrogens is 426 g/mol. The molecular formula is C21H24ClN3O4S. The Morgan fingerprint density at radius 3 is 2.40 bits per heavy atom. The maximum Gasteiger partial charge on any atom is 0.261 e. The maximum atomic E-state index is 12.9. The van der Waals surface area contributed by atoms with Gasteiger partial charge in [-0.3, -0.25) is 14.3 Å². The molecule has 2 aromatic carbocycles. The van der Waals surface area contributed by atoms with Gasteiger partial charge in [-0.25, -0.2) is 8.42 Å². The Kier molecular flexibility index (Phi) is 6.99. The average Bonchev–Trinajstić information content (AvgIpc) is 3.22. The lowest BCUT2D eigenvalue weighted by Crippen LogP contribution is -2.46. The Bertz CT molecular complexity index is 1010. The molecule has 1 fully saturated rings. The summed E-state index contributed by atoms with van der Waals surface area (Å²) < 4.78 is 27.4. The van der Waals surface area contributed by atoms with Gasteiger partial charge in [0.25, 0.3) is 15.9 Å². The minimum atomic E-state index is -3.76. The van der Waals surface area contributed by atoms with Crippen LogP contribution in [-0.2, 0) is 14.8 Å². The highest BCUT2D eigenvalue weighted by Crippen LogP contribution is 2.22. The van der Waals surface area contributed by atoms with Crippen molar-refractivity contribution in [2.75, 3.05) is 17.8 Å². The quantitative estimate of drug-likeness (QED) is 0.678. The van der Waals surface area contributed by atoms with Crippen molar-refractivity contribution in [3.8, 4) is 0 Å². The summed E-state index contributed by atoms with van der Waals surface area (Å²) >= 11 is 5.80. The van der Waals surface area contributed by atoms with Crippen LogP contribution in [0.3, 0.4) is 0 Å². The van der Waals surface area contributed by atoms with Gasteiger partial charge in [-0.15, -0.1) is 0 Å². The van der Waals surface area contributed by atoms with Gasteiger partial charge in [-0.2, -0.15) is 0 Å². The molecule has 30 heavy (non-hydrogen) atoms. The number of hydrogen-bond acceptors (Lipinski definition) is 4. The molecule has 1 saturated heterocycles. The van der Waals surface area contributed by atoms with Crippen LogP contribution in [0.15, 0.2) is 53.4 Å². The molecule has 0 aliphatic carbocycles. The molecule has 1 atom stereocenters. The van der Waals surface area contributed by atoms with Crippen molar-refractivity contribution in [3.05, 3.63) is 59.1 Å². The lowest BCUT2D eigenvalue weighted by Gasteiger charge is -2.24. The molecule has 7 nitrogen and oxygen atoms in total. The van der Waals surface area contributed by atoms with E-state index in [1.807, 2.05) is 6.92 Å². The average molecular weight is 450 g/mol. The molecule has 2 amide bonds. The predicted molar refractivity (Wildman–Crippen MR) is 116 cm³/mol. The lowest BCUT2D eigenvalue weighted by atomic mass is 10.1. The molecule has 1 aliphatic heterocycles. The van der Waals surface area contributed by atoms with Crippen LogP contribution in [0.25, 0.3) is 0 Å². The summed E-state index contributed by atoms with van der Waals surface area (Å²) in [5.41, 5.74) is 0.736. The fourth-order valence-corrected chi connectivity index (χ4v) is 4.51. The molecule has 0 radical (unpaired) electrons. The Hall–Kier alpha value is -2.58. The first kappa shape index (κ1) is 22.1. The van der Waals surface area contributed by atoms with Crippen LogP contribution in [0.2, 0.25) is 5.02 Å². The number of carbonyl (C=O) groups excluding carboxylic acids is 2. The summed E-state index contributed by atoms with van der Waals surface area (Å²) in [5.74, 6) is -0.369. The number of nitrogens with one attached hydrogen (secondary N) is 2. The van der Waals surface area contributed by atoms with Gasteiger partial charge in [0.2, 0.25) is 5.91 Å². The number of anilines is 1. The first-order valence-corrected chi connectivity index (χ1v) is 11.6. The van der Waals surface area contributed by atoms with E-state index in [1.54, 1.807) is 17.0 Å². The monoisotopic (exact) mass is 449 g/mol. The van der Waals surface area contributed by atoms with Gasteiger partial charge in [0.1, 0.15) is 6.04 Å². The number of carbonyl (C=O) groups is 2. The molecule has 9 heteroatoms. The first-order chi connectivity index (χ1) is 14.3. The van der Waals surface area contributed by atoms with Crippen molar-refractivity contribution in [2.45, 2.75) is 37.1 Å². The van der Waals surface area contributed by atoms with Gasteiger partial charge in [0.15, 0.2) is 0 Å². The molecule has 1 aliphatic rings. The van der Waals surface area contributed by atoms with Gasteiger partial charge in [-0.05, 0) is 67.8 Å². The van der Waals surface area contributed by atoms with Crippen LogP contribution < -0.4 is 10.0 Å². The second-order valence-electron chi connectivity index (χ2n) is 7.08. The second kappa shape index (κ2) is 9.49. The Balaban J connectivity index is 1.69. The molecule has 0 spiro atoms. The summed E-state index contributed by atoms with van der Waals surface area (Å²) in [5, 5.41) is 3.29. The summed E-state index contributed by atoms with van der Waals surface area (Å²) in [6.45, 7) is 3.08. The highest BCUT2D eigenvalue weighted by molar-refractivity contribution is 7.92. The highest BCUT2D eigenvalue weighted by Gasteiger charge is 2.34. The Morgan fingerprint density at radius 1 is 1.10 bits per heavy atom. The smallest absolute Gasteiger partial charge is 0.261 e. The molecule has 160 valence electrons. The van der Waals surface area contributed by atoms with E-state index in [9.17, 15) is 18.0 Å². The number of rotatable bonds is 7. The van der Waals surface area contributed by atoms with Gasteiger partial charge < -0.3 is 10.2 Å².